The van der Waals surface area contributed by atoms with Crippen LogP contribution < -0.4 is 10.6 Å². The van der Waals surface area contributed by atoms with Crippen LogP contribution in [0.5, 0.6) is 0 Å². The molecule has 0 aliphatic rings. The van der Waals surface area contributed by atoms with Gasteiger partial charge in [0.2, 0.25) is 15.9 Å². The molecule has 0 spiro atoms. The Labute approximate surface area is 164 Å². The summed E-state index contributed by atoms with van der Waals surface area (Å²) in [4.78, 5) is 12.1. The van der Waals surface area contributed by atoms with Crippen molar-refractivity contribution in [3.63, 3.8) is 0 Å². The number of amides is 1. The highest BCUT2D eigenvalue weighted by Gasteiger charge is 2.16. The van der Waals surface area contributed by atoms with E-state index in [0.717, 1.165) is 15.4 Å². The van der Waals surface area contributed by atoms with Gasteiger partial charge in [-0.1, -0.05) is 29.8 Å². The van der Waals surface area contributed by atoms with Crippen LogP contribution in [0.2, 0.25) is 0 Å². The van der Waals surface area contributed by atoms with Gasteiger partial charge in [-0.15, -0.1) is 0 Å². The number of thiocarbonyl (C=S) groups is 1. The summed E-state index contributed by atoms with van der Waals surface area (Å²) in [5.74, 6) is -0.361. The zero-order valence-electron chi connectivity index (χ0n) is 15.3. The van der Waals surface area contributed by atoms with E-state index in [0.29, 0.717) is 5.69 Å². The second-order valence-corrected chi connectivity index (χ2v) is 8.56. The quantitative estimate of drug-likeness (QED) is 0.593. The van der Waals surface area contributed by atoms with Crippen molar-refractivity contribution < 1.29 is 13.2 Å². The fourth-order valence-corrected chi connectivity index (χ4v) is 3.21. The second kappa shape index (κ2) is 8.90. The van der Waals surface area contributed by atoms with E-state index in [2.05, 4.69) is 10.6 Å². The van der Waals surface area contributed by atoms with E-state index in [9.17, 15) is 13.2 Å². The molecular weight excluding hydrogens is 382 g/mol. The van der Waals surface area contributed by atoms with Crippen molar-refractivity contribution in [3.8, 4) is 0 Å². The first-order valence-corrected chi connectivity index (χ1v) is 9.92. The second-order valence-electron chi connectivity index (χ2n) is 6.00. The number of carbonyl (C=O) groups excluding carboxylic acids is 1. The van der Waals surface area contributed by atoms with E-state index in [1.54, 1.807) is 18.2 Å². The highest BCUT2D eigenvalue weighted by Crippen LogP contribution is 2.16. The number of hydrogen-bond donors (Lipinski definition) is 2. The van der Waals surface area contributed by atoms with Gasteiger partial charge in [0.15, 0.2) is 5.11 Å². The summed E-state index contributed by atoms with van der Waals surface area (Å²) in [7, 11) is -0.547. The van der Waals surface area contributed by atoms with Crippen LogP contribution in [-0.2, 0) is 14.8 Å². The van der Waals surface area contributed by atoms with Crippen molar-refractivity contribution in [1.82, 2.24) is 9.62 Å². The maximum absolute atomic E-state index is 12.0. The molecule has 1 amide bonds. The number of carbonyl (C=O) groups is 1. The van der Waals surface area contributed by atoms with Crippen LogP contribution in [0.25, 0.3) is 6.08 Å². The monoisotopic (exact) mass is 403 g/mol. The van der Waals surface area contributed by atoms with Crippen molar-refractivity contribution in [2.24, 2.45) is 0 Å². The van der Waals surface area contributed by atoms with Crippen LogP contribution in [0.15, 0.2) is 59.5 Å². The van der Waals surface area contributed by atoms with Crippen molar-refractivity contribution in [2.75, 3.05) is 19.4 Å². The minimum absolute atomic E-state index is 0.122. The third-order valence-corrected chi connectivity index (χ3v) is 5.67. The van der Waals surface area contributed by atoms with Crippen molar-refractivity contribution in [1.29, 1.82) is 0 Å². The van der Waals surface area contributed by atoms with Crippen LogP contribution in [0.3, 0.4) is 0 Å². The molecule has 0 aliphatic carbocycles. The molecule has 0 unspecified atom stereocenters. The molecule has 27 heavy (non-hydrogen) atoms. The Bertz CT molecular complexity index is 949. The summed E-state index contributed by atoms with van der Waals surface area (Å²) in [5.41, 5.74) is 2.62. The molecule has 0 saturated carbocycles. The largest absolute Gasteiger partial charge is 0.332 e. The molecule has 142 valence electrons. The fraction of sp³-hybridized carbons (Fsp3) is 0.158. The predicted octanol–water partition coefficient (Wildman–Crippen LogP) is 2.77. The first kappa shape index (κ1) is 20.8. The third kappa shape index (κ3) is 5.99. The molecule has 2 aromatic rings. The minimum Gasteiger partial charge on any atom is -0.332 e. The smallest absolute Gasteiger partial charge is 0.250 e. The minimum atomic E-state index is -3.48. The topological polar surface area (TPSA) is 78.5 Å². The van der Waals surface area contributed by atoms with Crippen LogP contribution in [-0.4, -0.2) is 37.8 Å². The van der Waals surface area contributed by atoms with Gasteiger partial charge in [-0.25, -0.2) is 12.7 Å². The lowest BCUT2D eigenvalue weighted by atomic mass is 10.1. The standard InChI is InChI=1S/C19H21N3O3S2/c1-14-4-6-15(7-5-14)8-13-18(23)21-19(26)20-16-9-11-17(12-10-16)27(24,25)22(2)3/h4-13H,1-3H3,(H2,20,21,23,26)/b13-8-. The van der Waals surface area contributed by atoms with Gasteiger partial charge in [0.1, 0.15) is 0 Å². The maximum Gasteiger partial charge on any atom is 0.250 e. The molecule has 2 aromatic carbocycles. The van der Waals surface area contributed by atoms with E-state index >= 15 is 0 Å². The van der Waals surface area contributed by atoms with Gasteiger partial charge in [-0.2, -0.15) is 0 Å². The Balaban J connectivity index is 1.93. The molecule has 0 bridgehead atoms. The van der Waals surface area contributed by atoms with Gasteiger partial charge in [0.05, 0.1) is 4.90 Å². The SMILES string of the molecule is Cc1ccc(/C=C\C(=O)NC(=S)Nc2ccc(S(=O)(=O)N(C)C)cc2)cc1. The van der Waals surface area contributed by atoms with E-state index in [1.807, 2.05) is 31.2 Å². The molecule has 2 rings (SSSR count). The Morgan fingerprint density at radius 2 is 1.63 bits per heavy atom. The summed E-state index contributed by atoms with van der Waals surface area (Å²) < 4.78 is 25.2. The average molecular weight is 404 g/mol. The molecule has 0 fully saturated rings. The lowest BCUT2D eigenvalue weighted by Gasteiger charge is -2.12. The molecule has 0 aromatic heterocycles. The van der Waals surface area contributed by atoms with Gasteiger partial charge in [0.25, 0.3) is 0 Å². The zero-order valence-corrected chi connectivity index (χ0v) is 16.9. The normalized spacial score (nSPS) is 11.6. The molecule has 0 aliphatic heterocycles. The number of sulfonamides is 1. The molecule has 8 heteroatoms. The van der Waals surface area contributed by atoms with Gasteiger partial charge in [-0.05, 0) is 55.0 Å². The first-order valence-electron chi connectivity index (χ1n) is 8.08. The van der Waals surface area contributed by atoms with Gasteiger partial charge in [0, 0.05) is 25.9 Å². The van der Waals surface area contributed by atoms with Gasteiger partial charge >= 0.3 is 0 Å². The lowest BCUT2D eigenvalue weighted by Crippen LogP contribution is -2.32. The summed E-state index contributed by atoms with van der Waals surface area (Å²) >= 11 is 5.10. The number of aryl methyl sites for hydroxylation is 1. The van der Waals surface area contributed by atoms with Crippen molar-refractivity contribution in [2.45, 2.75) is 11.8 Å². The number of hydrogen-bond acceptors (Lipinski definition) is 4. The molecule has 0 radical (unpaired) electrons. The molecule has 2 N–H and O–H groups in total. The van der Waals surface area contributed by atoms with Gasteiger partial charge < -0.3 is 5.32 Å². The molecular formula is C19H21N3O3S2. The highest BCUT2D eigenvalue weighted by atomic mass is 32.2. The Hall–Kier alpha value is -2.55. The maximum atomic E-state index is 12.0. The number of benzene rings is 2. The number of anilines is 1. The van der Waals surface area contributed by atoms with E-state index in [1.165, 1.54) is 32.3 Å². The van der Waals surface area contributed by atoms with E-state index in [-0.39, 0.29) is 15.9 Å². The summed E-state index contributed by atoms with van der Waals surface area (Å²) in [6.07, 6.45) is 3.09. The highest BCUT2D eigenvalue weighted by molar-refractivity contribution is 7.89. The Morgan fingerprint density at radius 3 is 2.19 bits per heavy atom. The molecule has 0 saturated heterocycles. The Kier molecular flexibility index (Phi) is 6.84. The first-order chi connectivity index (χ1) is 12.7. The van der Waals surface area contributed by atoms with Crippen molar-refractivity contribution >= 4 is 45.0 Å². The molecule has 6 nitrogen and oxygen atoms in total. The molecule has 0 atom stereocenters. The summed E-state index contributed by atoms with van der Waals surface area (Å²) in [5, 5.41) is 5.51. The van der Waals surface area contributed by atoms with Crippen LogP contribution in [0.1, 0.15) is 11.1 Å². The summed E-state index contributed by atoms with van der Waals surface area (Å²) in [6, 6.07) is 13.9. The van der Waals surface area contributed by atoms with E-state index in [4.69, 9.17) is 12.2 Å². The van der Waals surface area contributed by atoms with Crippen LogP contribution in [0, 0.1) is 6.92 Å². The summed E-state index contributed by atoms with van der Waals surface area (Å²) in [6.45, 7) is 1.99. The third-order valence-electron chi connectivity index (χ3n) is 3.63. The fourth-order valence-electron chi connectivity index (χ4n) is 2.09. The lowest BCUT2D eigenvalue weighted by molar-refractivity contribution is -0.115. The average Bonchev–Trinajstić information content (AvgIpc) is 2.61. The van der Waals surface area contributed by atoms with Gasteiger partial charge in [-0.3, -0.25) is 10.1 Å². The van der Waals surface area contributed by atoms with E-state index < -0.39 is 10.0 Å². The van der Waals surface area contributed by atoms with Crippen LogP contribution >= 0.6 is 12.2 Å². The number of rotatable bonds is 5. The van der Waals surface area contributed by atoms with Crippen LogP contribution in [0.4, 0.5) is 5.69 Å². The zero-order chi connectivity index (χ0) is 20.0. The number of nitrogens with zero attached hydrogens (tertiary/aromatic N) is 1. The predicted molar refractivity (Wildman–Crippen MR) is 112 cm³/mol. The van der Waals surface area contributed by atoms with Crippen molar-refractivity contribution in [3.05, 3.63) is 65.7 Å². The molecule has 0 heterocycles. The number of nitrogens with one attached hydrogen (secondary N) is 2. The Morgan fingerprint density at radius 1 is 1.04 bits per heavy atom.